The number of ether oxygens (including phenoxy) is 1. The van der Waals surface area contributed by atoms with Crippen molar-refractivity contribution in [2.75, 3.05) is 26.2 Å². The number of hydrogen-bond donors (Lipinski definition) is 1. The first-order chi connectivity index (χ1) is 17.0. The molecule has 2 aliphatic heterocycles. The lowest BCUT2D eigenvalue weighted by Crippen LogP contribution is -2.52. The van der Waals surface area contributed by atoms with Crippen molar-refractivity contribution in [2.24, 2.45) is 5.92 Å². The Labute approximate surface area is 213 Å². The van der Waals surface area contributed by atoms with Crippen LogP contribution in [0.1, 0.15) is 63.1 Å². The van der Waals surface area contributed by atoms with E-state index >= 15 is 0 Å². The Hall–Kier alpha value is -2.87. The average molecular weight is 498 g/mol. The number of hydrogen-bond acceptors (Lipinski definition) is 6. The third-order valence-corrected chi connectivity index (χ3v) is 7.13. The van der Waals surface area contributed by atoms with Crippen LogP contribution in [0, 0.1) is 19.8 Å². The fraction of sp³-hybridized carbons (Fsp3) is 0.607. The Morgan fingerprint density at radius 2 is 1.78 bits per heavy atom. The minimum Gasteiger partial charge on any atom is -0.444 e. The molecule has 8 nitrogen and oxygen atoms in total. The molecule has 0 unspecified atom stereocenters. The highest BCUT2D eigenvalue weighted by molar-refractivity contribution is 5.82. The van der Waals surface area contributed by atoms with Crippen LogP contribution in [0.15, 0.2) is 27.4 Å². The Bertz CT molecular complexity index is 1180. The summed E-state index contributed by atoms with van der Waals surface area (Å²) >= 11 is 0. The fourth-order valence-electron chi connectivity index (χ4n) is 5.17. The highest BCUT2D eigenvalue weighted by atomic mass is 16.6. The molecule has 0 saturated carbocycles. The average Bonchev–Trinajstić information content (AvgIpc) is 2.79. The molecule has 0 bridgehead atoms. The lowest BCUT2D eigenvalue weighted by molar-refractivity contribution is -0.127. The van der Waals surface area contributed by atoms with Crippen molar-refractivity contribution in [2.45, 2.75) is 78.5 Å². The minimum absolute atomic E-state index is 0.00649. The molecule has 2 aromatic rings. The predicted octanol–water partition coefficient (Wildman–Crippen LogP) is 4.14. The molecule has 1 aromatic heterocycles. The van der Waals surface area contributed by atoms with Gasteiger partial charge in [0.25, 0.3) is 0 Å². The molecular weight excluding hydrogens is 458 g/mol. The number of likely N-dealkylation sites (tertiary alicyclic amines) is 2. The maximum absolute atomic E-state index is 13.1. The predicted molar refractivity (Wildman–Crippen MR) is 139 cm³/mol. The van der Waals surface area contributed by atoms with Crippen LogP contribution in [-0.2, 0) is 16.1 Å². The van der Waals surface area contributed by atoms with Crippen LogP contribution in [0.3, 0.4) is 0 Å². The van der Waals surface area contributed by atoms with Crippen molar-refractivity contribution >= 4 is 23.0 Å². The standard InChI is InChI=1S/C28H39N3O5/c1-18-12-23-21(14-25(32)35-24(23)13-19(18)2)15-30-10-7-9-22(17-30)29-26(33)20-8-6-11-31(16-20)27(34)36-28(3,4)5/h12-14,20,22H,6-11,15-17H2,1-5H3,(H,29,33)/t20-,22+/m1/s1. The number of rotatable bonds is 4. The van der Waals surface area contributed by atoms with E-state index in [-0.39, 0.29) is 29.6 Å². The van der Waals surface area contributed by atoms with Crippen LogP contribution < -0.4 is 10.9 Å². The smallest absolute Gasteiger partial charge is 0.410 e. The first kappa shape index (κ1) is 26.2. The van der Waals surface area contributed by atoms with E-state index in [0.29, 0.717) is 25.2 Å². The number of piperidine rings is 2. The summed E-state index contributed by atoms with van der Waals surface area (Å²) in [6.07, 6.45) is 3.09. The highest BCUT2D eigenvalue weighted by Crippen LogP contribution is 2.25. The third-order valence-electron chi connectivity index (χ3n) is 7.13. The summed E-state index contributed by atoms with van der Waals surface area (Å²) in [5, 5.41) is 4.20. The topological polar surface area (TPSA) is 92.1 Å². The molecule has 2 fully saturated rings. The lowest BCUT2D eigenvalue weighted by atomic mass is 9.96. The summed E-state index contributed by atoms with van der Waals surface area (Å²) in [4.78, 5) is 41.7. The Morgan fingerprint density at radius 1 is 1.06 bits per heavy atom. The molecule has 1 N–H and O–H groups in total. The molecule has 196 valence electrons. The summed E-state index contributed by atoms with van der Waals surface area (Å²) in [7, 11) is 0. The largest absolute Gasteiger partial charge is 0.444 e. The van der Waals surface area contributed by atoms with Gasteiger partial charge in [0.1, 0.15) is 11.2 Å². The first-order valence-electron chi connectivity index (χ1n) is 13.0. The molecule has 3 heterocycles. The summed E-state index contributed by atoms with van der Waals surface area (Å²) in [6, 6.07) is 5.65. The quantitative estimate of drug-likeness (QED) is 0.639. The number of carbonyl (C=O) groups excluding carboxylic acids is 2. The lowest BCUT2D eigenvalue weighted by Gasteiger charge is -2.36. The van der Waals surface area contributed by atoms with Crippen molar-refractivity contribution in [3.05, 3.63) is 45.3 Å². The zero-order valence-corrected chi connectivity index (χ0v) is 22.2. The molecular formula is C28H39N3O5. The number of amides is 2. The van der Waals surface area contributed by atoms with Crippen molar-refractivity contribution in [3.8, 4) is 0 Å². The fourth-order valence-corrected chi connectivity index (χ4v) is 5.17. The number of nitrogens with zero attached hydrogens (tertiary/aromatic N) is 2. The van der Waals surface area contributed by atoms with Gasteiger partial charge >= 0.3 is 11.7 Å². The SMILES string of the molecule is Cc1cc2oc(=O)cc(CN3CCC[C@H](NC(=O)[C@@H]4CCCN(C(=O)OC(C)(C)C)C4)C3)c2cc1C. The van der Waals surface area contributed by atoms with E-state index < -0.39 is 5.60 Å². The molecule has 2 amide bonds. The van der Waals surface area contributed by atoms with Crippen LogP contribution >= 0.6 is 0 Å². The highest BCUT2D eigenvalue weighted by Gasteiger charge is 2.32. The molecule has 8 heteroatoms. The molecule has 2 atom stereocenters. The van der Waals surface area contributed by atoms with Gasteiger partial charge in [0, 0.05) is 43.7 Å². The normalized spacial score (nSPS) is 21.4. The van der Waals surface area contributed by atoms with E-state index in [9.17, 15) is 14.4 Å². The van der Waals surface area contributed by atoms with Gasteiger partial charge in [0.15, 0.2) is 0 Å². The van der Waals surface area contributed by atoms with Gasteiger partial charge in [0.2, 0.25) is 5.91 Å². The molecule has 0 aliphatic carbocycles. The van der Waals surface area contributed by atoms with Crippen LogP contribution in [0.2, 0.25) is 0 Å². The summed E-state index contributed by atoms with van der Waals surface area (Å²) in [5.74, 6) is -0.220. The van der Waals surface area contributed by atoms with Gasteiger partial charge in [-0.15, -0.1) is 0 Å². The number of aryl methyl sites for hydroxylation is 2. The van der Waals surface area contributed by atoms with Gasteiger partial charge in [-0.2, -0.15) is 0 Å². The van der Waals surface area contributed by atoms with Gasteiger partial charge in [-0.3, -0.25) is 9.69 Å². The molecule has 0 radical (unpaired) electrons. The van der Waals surface area contributed by atoms with Gasteiger partial charge < -0.3 is 19.4 Å². The number of benzene rings is 1. The molecule has 36 heavy (non-hydrogen) atoms. The van der Waals surface area contributed by atoms with Crippen molar-refractivity contribution in [3.63, 3.8) is 0 Å². The van der Waals surface area contributed by atoms with Crippen LogP contribution in [0.25, 0.3) is 11.0 Å². The number of carbonyl (C=O) groups is 2. The van der Waals surface area contributed by atoms with E-state index in [1.165, 1.54) is 0 Å². The molecule has 0 spiro atoms. The van der Waals surface area contributed by atoms with Gasteiger partial charge in [-0.25, -0.2) is 9.59 Å². The Balaban J connectivity index is 1.38. The third kappa shape index (κ3) is 6.46. The Morgan fingerprint density at radius 3 is 2.53 bits per heavy atom. The molecule has 4 rings (SSSR count). The van der Waals surface area contributed by atoms with Crippen molar-refractivity contribution in [1.29, 1.82) is 0 Å². The van der Waals surface area contributed by atoms with E-state index in [1.807, 2.05) is 33.8 Å². The van der Waals surface area contributed by atoms with Crippen LogP contribution in [-0.4, -0.2) is 59.6 Å². The second-order valence-electron chi connectivity index (χ2n) is 11.4. The van der Waals surface area contributed by atoms with Gasteiger partial charge in [-0.1, -0.05) is 0 Å². The van der Waals surface area contributed by atoms with Crippen molar-refractivity contribution in [1.82, 2.24) is 15.1 Å². The maximum Gasteiger partial charge on any atom is 0.410 e. The van der Waals surface area contributed by atoms with Gasteiger partial charge in [0.05, 0.1) is 5.92 Å². The monoisotopic (exact) mass is 497 g/mol. The molecule has 2 saturated heterocycles. The maximum atomic E-state index is 13.1. The first-order valence-corrected chi connectivity index (χ1v) is 13.0. The van der Waals surface area contributed by atoms with Crippen molar-refractivity contribution < 1.29 is 18.7 Å². The molecule has 1 aromatic carbocycles. The van der Waals surface area contributed by atoms with Gasteiger partial charge in [-0.05, 0) is 95.7 Å². The molecule has 2 aliphatic rings. The van der Waals surface area contributed by atoms with E-state index in [1.54, 1.807) is 11.0 Å². The van der Waals surface area contributed by atoms with E-state index in [2.05, 4.69) is 23.2 Å². The summed E-state index contributed by atoms with van der Waals surface area (Å²) < 4.78 is 11.0. The Kier molecular flexibility index (Phi) is 7.73. The summed E-state index contributed by atoms with van der Waals surface area (Å²) in [6.45, 7) is 12.9. The number of fused-ring (bicyclic) bond motifs is 1. The minimum atomic E-state index is -0.555. The summed E-state index contributed by atoms with van der Waals surface area (Å²) in [5.41, 5.74) is 2.94. The second kappa shape index (κ2) is 10.6. The van der Waals surface area contributed by atoms with Crippen LogP contribution in [0.5, 0.6) is 0 Å². The number of nitrogens with one attached hydrogen (secondary N) is 1. The van der Waals surface area contributed by atoms with E-state index in [0.717, 1.165) is 60.8 Å². The van der Waals surface area contributed by atoms with Crippen LogP contribution in [0.4, 0.5) is 4.79 Å². The zero-order chi connectivity index (χ0) is 26.0. The second-order valence-corrected chi connectivity index (χ2v) is 11.4. The zero-order valence-electron chi connectivity index (χ0n) is 22.2. The van der Waals surface area contributed by atoms with E-state index in [4.69, 9.17) is 9.15 Å².